The summed E-state index contributed by atoms with van der Waals surface area (Å²) in [6.07, 6.45) is 1.47. The number of fused-ring (bicyclic) bond motifs is 1. The Morgan fingerprint density at radius 2 is 2.10 bits per heavy atom. The van der Waals surface area contributed by atoms with E-state index in [9.17, 15) is 9.90 Å². The summed E-state index contributed by atoms with van der Waals surface area (Å²) in [5.41, 5.74) is 3.07. The predicted octanol–water partition coefficient (Wildman–Crippen LogP) is 4.94. The SMILES string of the molecule is CCOC(=O)c1cnc2c(CO)cc(Br)cc2c1NCc1ccc(OC)c(Cl)c1. The summed E-state index contributed by atoms with van der Waals surface area (Å²) in [6, 6.07) is 9.13. The Hall–Kier alpha value is -2.35. The van der Waals surface area contributed by atoms with Crippen LogP contribution < -0.4 is 10.1 Å². The Morgan fingerprint density at radius 1 is 1.31 bits per heavy atom. The Morgan fingerprint density at radius 3 is 2.76 bits per heavy atom. The van der Waals surface area contributed by atoms with Gasteiger partial charge in [0.1, 0.15) is 11.3 Å². The monoisotopic (exact) mass is 478 g/mol. The highest BCUT2D eigenvalue weighted by Gasteiger charge is 2.18. The molecule has 2 aromatic carbocycles. The third-order valence-corrected chi connectivity index (χ3v) is 5.12. The number of esters is 1. The van der Waals surface area contributed by atoms with Crippen molar-refractivity contribution in [2.75, 3.05) is 19.0 Å². The molecule has 0 amide bonds. The van der Waals surface area contributed by atoms with Crippen LogP contribution in [0.1, 0.15) is 28.4 Å². The molecule has 0 aliphatic heterocycles. The lowest BCUT2D eigenvalue weighted by Gasteiger charge is -2.16. The van der Waals surface area contributed by atoms with Crippen LogP contribution in [-0.4, -0.2) is 29.8 Å². The molecule has 1 heterocycles. The van der Waals surface area contributed by atoms with E-state index in [0.717, 1.165) is 10.0 Å². The van der Waals surface area contributed by atoms with E-state index in [1.165, 1.54) is 6.20 Å². The number of rotatable bonds is 7. The van der Waals surface area contributed by atoms with E-state index in [1.807, 2.05) is 12.1 Å². The molecule has 0 radical (unpaired) electrons. The Balaban J connectivity index is 2.07. The van der Waals surface area contributed by atoms with Gasteiger partial charge >= 0.3 is 5.97 Å². The summed E-state index contributed by atoms with van der Waals surface area (Å²) in [4.78, 5) is 16.9. The molecule has 0 spiro atoms. The first kappa shape index (κ1) is 21.4. The fourth-order valence-corrected chi connectivity index (χ4v) is 3.81. The highest BCUT2D eigenvalue weighted by molar-refractivity contribution is 9.10. The molecular weight excluding hydrogens is 460 g/mol. The van der Waals surface area contributed by atoms with Crippen LogP contribution in [-0.2, 0) is 17.9 Å². The second-order valence-electron chi connectivity index (χ2n) is 6.21. The van der Waals surface area contributed by atoms with Gasteiger partial charge in [0.25, 0.3) is 0 Å². The summed E-state index contributed by atoms with van der Waals surface area (Å²) in [6.45, 7) is 2.25. The van der Waals surface area contributed by atoms with Gasteiger partial charge in [0.15, 0.2) is 0 Å². The van der Waals surface area contributed by atoms with E-state index in [-0.39, 0.29) is 13.2 Å². The van der Waals surface area contributed by atoms with Crippen molar-refractivity contribution in [3.8, 4) is 5.75 Å². The van der Waals surface area contributed by atoms with Gasteiger partial charge in [-0.05, 0) is 36.8 Å². The Bertz CT molecular complexity index is 1060. The minimum atomic E-state index is -0.470. The minimum absolute atomic E-state index is 0.171. The van der Waals surface area contributed by atoms with Gasteiger partial charge < -0.3 is 19.9 Å². The maximum atomic E-state index is 12.5. The average molecular weight is 480 g/mol. The van der Waals surface area contributed by atoms with Gasteiger partial charge in [0.05, 0.1) is 36.6 Å². The number of hydrogen-bond donors (Lipinski definition) is 2. The van der Waals surface area contributed by atoms with E-state index in [4.69, 9.17) is 21.1 Å². The predicted molar refractivity (Wildman–Crippen MR) is 117 cm³/mol. The lowest BCUT2D eigenvalue weighted by molar-refractivity contribution is 0.0527. The topological polar surface area (TPSA) is 80.7 Å². The third-order valence-electron chi connectivity index (χ3n) is 4.37. The second kappa shape index (κ2) is 9.43. The van der Waals surface area contributed by atoms with E-state index in [2.05, 4.69) is 26.2 Å². The minimum Gasteiger partial charge on any atom is -0.495 e. The summed E-state index contributed by atoms with van der Waals surface area (Å²) in [5.74, 6) is 0.121. The van der Waals surface area contributed by atoms with Crippen LogP contribution in [0.5, 0.6) is 5.75 Å². The first-order valence-corrected chi connectivity index (χ1v) is 10.1. The van der Waals surface area contributed by atoms with Crippen molar-refractivity contribution in [1.29, 1.82) is 0 Å². The first-order valence-electron chi connectivity index (χ1n) is 8.93. The van der Waals surface area contributed by atoms with Gasteiger partial charge in [-0.1, -0.05) is 33.6 Å². The zero-order valence-electron chi connectivity index (χ0n) is 16.0. The summed E-state index contributed by atoms with van der Waals surface area (Å²) in [7, 11) is 1.56. The van der Waals surface area contributed by atoms with Gasteiger partial charge in [-0.2, -0.15) is 0 Å². The molecule has 0 fully saturated rings. The van der Waals surface area contributed by atoms with Crippen molar-refractivity contribution in [1.82, 2.24) is 4.98 Å². The summed E-state index contributed by atoms with van der Waals surface area (Å²) in [5, 5.41) is 14.2. The molecule has 0 aliphatic rings. The number of pyridine rings is 1. The maximum absolute atomic E-state index is 12.5. The van der Waals surface area contributed by atoms with Crippen molar-refractivity contribution in [3.05, 3.63) is 62.7 Å². The van der Waals surface area contributed by atoms with E-state index in [1.54, 1.807) is 32.2 Å². The van der Waals surface area contributed by atoms with Crippen LogP contribution in [0.25, 0.3) is 10.9 Å². The number of carbonyl (C=O) groups is 1. The van der Waals surface area contributed by atoms with Crippen LogP contribution in [0.2, 0.25) is 5.02 Å². The van der Waals surface area contributed by atoms with E-state index >= 15 is 0 Å². The first-order chi connectivity index (χ1) is 14.0. The van der Waals surface area contributed by atoms with Gasteiger partial charge in [-0.15, -0.1) is 0 Å². The molecule has 0 unspecified atom stereocenters. The number of benzene rings is 2. The highest BCUT2D eigenvalue weighted by atomic mass is 79.9. The molecule has 0 saturated carbocycles. The van der Waals surface area contributed by atoms with Crippen LogP contribution >= 0.6 is 27.5 Å². The molecular formula is C21H20BrClN2O4. The van der Waals surface area contributed by atoms with Gasteiger partial charge in [0, 0.05) is 28.2 Å². The maximum Gasteiger partial charge on any atom is 0.341 e. The van der Waals surface area contributed by atoms with Crippen molar-refractivity contribution >= 4 is 50.1 Å². The van der Waals surface area contributed by atoms with E-state index in [0.29, 0.717) is 45.0 Å². The van der Waals surface area contributed by atoms with Gasteiger partial charge in [-0.3, -0.25) is 4.98 Å². The average Bonchev–Trinajstić information content (AvgIpc) is 2.71. The number of methoxy groups -OCH3 is 1. The number of halogens is 2. The summed E-state index contributed by atoms with van der Waals surface area (Å²) >= 11 is 9.68. The molecule has 0 bridgehead atoms. The normalized spacial score (nSPS) is 10.8. The number of aliphatic hydroxyl groups excluding tert-OH is 1. The van der Waals surface area contributed by atoms with E-state index < -0.39 is 5.97 Å². The molecule has 1 aromatic heterocycles. The molecule has 6 nitrogen and oxygen atoms in total. The number of anilines is 1. The Labute approximate surface area is 181 Å². The fraction of sp³-hybridized carbons (Fsp3) is 0.238. The van der Waals surface area contributed by atoms with Crippen LogP contribution in [0, 0.1) is 0 Å². The molecule has 152 valence electrons. The van der Waals surface area contributed by atoms with Crippen molar-refractivity contribution < 1.29 is 19.4 Å². The zero-order chi connectivity index (χ0) is 21.0. The number of nitrogens with zero attached hydrogens (tertiary/aromatic N) is 1. The lowest BCUT2D eigenvalue weighted by atomic mass is 10.0. The van der Waals surface area contributed by atoms with Crippen LogP contribution in [0.4, 0.5) is 5.69 Å². The molecule has 3 aromatic rings. The molecule has 0 saturated heterocycles. The molecule has 3 rings (SSSR count). The zero-order valence-corrected chi connectivity index (χ0v) is 18.3. The summed E-state index contributed by atoms with van der Waals surface area (Å²) < 4.78 is 11.1. The Kier molecular flexibility index (Phi) is 6.95. The quantitative estimate of drug-likeness (QED) is 0.467. The lowest BCUT2D eigenvalue weighted by Crippen LogP contribution is -2.11. The fourth-order valence-electron chi connectivity index (χ4n) is 3.02. The van der Waals surface area contributed by atoms with Crippen LogP contribution in [0.15, 0.2) is 41.0 Å². The van der Waals surface area contributed by atoms with Crippen molar-refractivity contribution in [2.24, 2.45) is 0 Å². The van der Waals surface area contributed by atoms with Gasteiger partial charge in [-0.25, -0.2) is 4.79 Å². The molecule has 29 heavy (non-hydrogen) atoms. The largest absolute Gasteiger partial charge is 0.495 e. The number of ether oxygens (including phenoxy) is 2. The third kappa shape index (κ3) is 4.63. The second-order valence-corrected chi connectivity index (χ2v) is 7.53. The number of carbonyl (C=O) groups excluding carboxylic acids is 1. The number of aliphatic hydroxyl groups is 1. The highest BCUT2D eigenvalue weighted by Crippen LogP contribution is 2.33. The van der Waals surface area contributed by atoms with Crippen molar-refractivity contribution in [2.45, 2.75) is 20.1 Å². The smallest absolute Gasteiger partial charge is 0.341 e. The number of hydrogen-bond acceptors (Lipinski definition) is 6. The molecule has 0 atom stereocenters. The van der Waals surface area contributed by atoms with Crippen molar-refractivity contribution in [3.63, 3.8) is 0 Å². The molecule has 0 aliphatic carbocycles. The van der Waals surface area contributed by atoms with Gasteiger partial charge in [0.2, 0.25) is 0 Å². The molecule has 8 heteroatoms. The molecule has 2 N–H and O–H groups in total. The number of aromatic nitrogens is 1. The van der Waals surface area contributed by atoms with Crippen LogP contribution in [0.3, 0.4) is 0 Å². The standard InChI is InChI=1S/C21H20BrClN2O4/c1-3-29-21(27)16-10-25-19-13(11-26)7-14(22)8-15(19)20(16)24-9-12-4-5-18(28-2)17(23)6-12/h4-8,10,26H,3,9,11H2,1-2H3,(H,24,25). The number of nitrogens with one attached hydrogen (secondary N) is 1.